The SMILES string of the molecule is Brc1ccccc1/C=C/C(O/N=C/c1ccccc1)c1ccccc1Br. The molecule has 0 spiro atoms. The van der Waals surface area contributed by atoms with Crippen molar-refractivity contribution in [2.75, 3.05) is 0 Å². The standard InChI is InChI=1S/C22H17Br2NO/c23-20-12-6-4-10-18(20)14-15-22(19-11-5-7-13-21(19)24)26-25-16-17-8-2-1-3-9-17/h1-16,22H/b15-14+,25-16+. The Labute approximate surface area is 170 Å². The molecule has 130 valence electrons. The zero-order chi connectivity index (χ0) is 18.2. The lowest BCUT2D eigenvalue weighted by molar-refractivity contribution is 0.0944. The fraction of sp³-hybridized carbons (Fsp3) is 0.0455. The molecule has 0 N–H and O–H groups in total. The zero-order valence-electron chi connectivity index (χ0n) is 13.9. The molecule has 0 bridgehead atoms. The third-order valence-electron chi connectivity index (χ3n) is 3.74. The summed E-state index contributed by atoms with van der Waals surface area (Å²) in [7, 11) is 0. The molecular weight excluding hydrogens is 454 g/mol. The average molecular weight is 471 g/mol. The van der Waals surface area contributed by atoms with Crippen molar-refractivity contribution in [1.82, 2.24) is 0 Å². The molecule has 4 heteroatoms. The van der Waals surface area contributed by atoms with Crippen LogP contribution in [0.25, 0.3) is 6.08 Å². The first kappa shape index (κ1) is 18.6. The maximum absolute atomic E-state index is 5.81. The van der Waals surface area contributed by atoms with Crippen molar-refractivity contribution in [1.29, 1.82) is 0 Å². The minimum absolute atomic E-state index is 0.308. The lowest BCUT2D eigenvalue weighted by atomic mass is 10.1. The first-order valence-corrected chi connectivity index (χ1v) is 9.74. The van der Waals surface area contributed by atoms with E-state index in [-0.39, 0.29) is 6.10 Å². The second kappa shape index (κ2) is 9.51. The van der Waals surface area contributed by atoms with Gasteiger partial charge in [0, 0.05) is 14.5 Å². The van der Waals surface area contributed by atoms with Crippen LogP contribution in [0.2, 0.25) is 0 Å². The van der Waals surface area contributed by atoms with Crippen molar-refractivity contribution < 1.29 is 4.84 Å². The lowest BCUT2D eigenvalue weighted by Crippen LogP contribution is -1.99. The molecule has 0 amide bonds. The van der Waals surface area contributed by atoms with Crippen molar-refractivity contribution >= 4 is 44.2 Å². The van der Waals surface area contributed by atoms with Gasteiger partial charge in [-0.1, -0.05) is 110 Å². The fourth-order valence-electron chi connectivity index (χ4n) is 2.40. The van der Waals surface area contributed by atoms with E-state index in [4.69, 9.17) is 4.84 Å². The van der Waals surface area contributed by atoms with Crippen LogP contribution in [0.4, 0.5) is 0 Å². The molecule has 0 aromatic heterocycles. The van der Waals surface area contributed by atoms with Crippen molar-refractivity contribution in [2.24, 2.45) is 5.16 Å². The minimum Gasteiger partial charge on any atom is -0.383 e. The van der Waals surface area contributed by atoms with Crippen molar-refractivity contribution in [3.63, 3.8) is 0 Å². The van der Waals surface area contributed by atoms with Crippen LogP contribution < -0.4 is 0 Å². The third kappa shape index (κ3) is 5.16. The molecule has 0 radical (unpaired) electrons. The Balaban J connectivity index is 1.84. The van der Waals surface area contributed by atoms with E-state index in [1.54, 1.807) is 6.21 Å². The van der Waals surface area contributed by atoms with Gasteiger partial charge in [-0.15, -0.1) is 0 Å². The van der Waals surface area contributed by atoms with Crippen LogP contribution in [0, 0.1) is 0 Å². The number of hydrogen-bond donors (Lipinski definition) is 0. The predicted molar refractivity (Wildman–Crippen MR) is 115 cm³/mol. The lowest BCUT2D eigenvalue weighted by Gasteiger charge is -2.13. The van der Waals surface area contributed by atoms with E-state index in [0.29, 0.717) is 0 Å². The Hall–Kier alpha value is -2.17. The maximum atomic E-state index is 5.81. The molecule has 0 fully saturated rings. The molecular formula is C22H17Br2NO. The average Bonchev–Trinajstić information content (AvgIpc) is 2.67. The maximum Gasteiger partial charge on any atom is 0.172 e. The van der Waals surface area contributed by atoms with Crippen molar-refractivity contribution in [3.8, 4) is 0 Å². The van der Waals surface area contributed by atoms with Crippen LogP contribution >= 0.6 is 31.9 Å². The van der Waals surface area contributed by atoms with Gasteiger partial charge < -0.3 is 4.84 Å². The predicted octanol–water partition coefficient (Wildman–Crippen LogP) is 7.02. The smallest absolute Gasteiger partial charge is 0.172 e. The van der Waals surface area contributed by atoms with Gasteiger partial charge in [0.1, 0.15) is 0 Å². The van der Waals surface area contributed by atoms with Gasteiger partial charge >= 0.3 is 0 Å². The summed E-state index contributed by atoms with van der Waals surface area (Å²) in [4.78, 5) is 5.81. The molecule has 0 heterocycles. The van der Waals surface area contributed by atoms with Crippen LogP contribution in [-0.2, 0) is 4.84 Å². The molecule has 1 atom stereocenters. The number of benzene rings is 3. The highest BCUT2D eigenvalue weighted by Crippen LogP contribution is 2.28. The summed E-state index contributed by atoms with van der Waals surface area (Å²) in [6.45, 7) is 0. The van der Waals surface area contributed by atoms with Crippen LogP contribution in [0.3, 0.4) is 0 Å². The van der Waals surface area contributed by atoms with E-state index < -0.39 is 0 Å². The van der Waals surface area contributed by atoms with Gasteiger partial charge in [0.25, 0.3) is 0 Å². The highest BCUT2D eigenvalue weighted by atomic mass is 79.9. The van der Waals surface area contributed by atoms with E-state index in [0.717, 1.165) is 25.6 Å². The molecule has 0 saturated heterocycles. The van der Waals surface area contributed by atoms with E-state index >= 15 is 0 Å². The molecule has 2 nitrogen and oxygen atoms in total. The van der Waals surface area contributed by atoms with Crippen molar-refractivity contribution in [3.05, 3.63) is 111 Å². The second-order valence-electron chi connectivity index (χ2n) is 5.57. The molecule has 0 aliphatic heterocycles. The van der Waals surface area contributed by atoms with Gasteiger partial charge in [-0.25, -0.2) is 0 Å². The van der Waals surface area contributed by atoms with Gasteiger partial charge in [-0.3, -0.25) is 0 Å². The van der Waals surface area contributed by atoms with Gasteiger partial charge in [0.2, 0.25) is 0 Å². The van der Waals surface area contributed by atoms with E-state index in [1.165, 1.54) is 0 Å². The molecule has 3 aromatic carbocycles. The third-order valence-corrected chi connectivity index (χ3v) is 5.19. The summed E-state index contributed by atoms with van der Waals surface area (Å²) in [6.07, 6.45) is 5.45. The normalized spacial score (nSPS) is 12.5. The van der Waals surface area contributed by atoms with Crippen LogP contribution in [0.5, 0.6) is 0 Å². The summed E-state index contributed by atoms with van der Waals surface area (Å²) in [6, 6.07) is 25.9. The largest absolute Gasteiger partial charge is 0.383 e. The highest BCUT2D eigenvalue weighted by molar-refractivity contribution is 9.10. The molecule has 3 aromatic rings. The Morgan fingerprint density at radius 1 is 0.769 bits per heavy atom. The van der Waals surface area contributed by atoms with Gasteiger partial charge in [-0.2, -0.15) is 0 Å². The first-order chi connectivity index (χ1) is 12.7. The Bertz CT molecular complexity index is 907. The van der Waals surface area contributed by atoms with Gasteiger partial charge in [0.05, 0.1) is 6.21 Å². The first-order valence-electron chi connectivity index (χ1n) is 8.15. The zero-order valence-corrected chi connectivity index (χ0v) is 17.1. The summed E-state index contributed by atoms with van der Waals surface area (Å²) in [5, 5.41) is 4.19. The van der Waals surface area contributed by atoms with E-state index in [2.05, 4.69) is 37.0 Å². The minimum atomic E-state index is -0.308. The Kier molecular flexibility index (Phi) is 6.81. The number of rotatable bonds is 6. The number of hydrogen-bond acceptors (Lipinski definition) is 2. The van der Waals surface area contributed by atoms with Gasteiger partial charge in [0.15, 0.2) is 6.10 Å². The summed E-state index contributed by atoms with van der Waals surface area (Å²) < 4.78 is 2.02. The van der Waals surface area contributed by atoms with Gasteiger partial charge in [-0.05, 0) is 29.3 Å². The number of oxime groups is 1. The second-order valence-corrected chi connectivity index (χ2v) is 7.28. The van der Waals surface area contributed by atoms with E-state index in [9.17, 15) is 0 Å². The molecule has 1 unspecified atom stereocenters. The summed E-state index contributed by atoms with van der Waals surface area (Å²) in [5.41, 5.74) is 3.09. The molecule has 26 heavy (non-hydrogen) atoms. The molecule has 0 aliphatic carbocycles. The quantitative estimate of drug-likeness (QED) is 0.280. The Morgan fingerprint density at radius 3 is 2.15 bits per heavy atom. The van der Waals surface area contributed by atoms with Crippen molar-refractivity contribution in [2.45, 2.75) is 6.10 Å². The molecule has 3 rings (SSSR count). The highest BCUT2D eigenvalue weighted by Gasteiger charge is 2.12. The monoisotopic (exact) mass is 469 g/mol. The molecule has 0 saturated carbocycles. The van der Waals surface area contributed by atoms with E-state index in [1.807, 2.05) is 91.0 Å². The summed E-state index contributed by atoms with van der Waals surface area (Å²) >= 11 is 7.17. The Morgan fingerprint density at radius 2 is 1.42 bits per heavy atom. The number of nitrogens with zero attached hydrogens (tertiary/aromatic N) is 1. The summed E-state index contributed by atoms with van der Waals surface area (Å²) in [5.74, 6) is 0. The van der Waals surface area contributed by atoms with Crippen LogP contribution in [0.15, 0.2) is 99.0 Å². The number of halogens is 2. The topological polar surface area (TPSA) is 21.6 Å². The molecule has 0 aliphatic rings. The van der Waals surface area contributed by atoms with Crippen LogP contribution in [0.1, 0.15) is 22.8 Å². The van der Waals surface area contributed by atoms with Crippen LogP contribution in [-0.4, -0.2) is 6.21 Å². The fourth-order valence-corrected chi connectivity index (χ4v) is 3.33.